The van der Waals surface area contributed by atoms with E-state index in [9.17, 15) is 4.79 Å². The molecule has 0 saturated carbocycles. The van der Waals surface area contributed by atoms with Crippen LogP contribution in [0.25, 0.3) is 0 Å². The molecule has 0 bridgehead atoms. The standard InChI is InChI=1S/C23H30N4O/c1-19-6-4-9-21(24-19)11-13-25-14-16-26(17-15-25)18-23(28)27-12-5-8-20-7-2-3-10-22(20)27/h2-4,6-7,9-10H,5,8,11-18H2,1H3. The number of aromatic nitrogens is 1. The smallest absolute Gasteiger partial charge is 0.241 e. The summed E-state index contributed by atoms with van der Waals surface area (Å²) in [6.07, 6.45) is 3.13. The van der Waals surface area contributed by atoms with Crippen molar-refractivity contribution in [1.29, 1.82) is 0 Å². The number of carbonyl (C=O) groups excluding carboxylic acids is 1. The molecule has 2 aromatic rings. The van der Waals surface area contributed by atoms with Crippen LogP contribution in [0.5, 0.6) is 0 Å². The molecule has 1 aromatic carbocycles. The van der Waals surface area contributed by atoms with Crippen LogP contribution >= 0.6 is 0 Å². The van der Waals surface area contributed by atoms with Gasteiger partial charge in [-0.15, -0.1) is 0 Å². The normalized spacial score (nSPS) is 18.1. The number of hydrogen-bond donors (Lipinski definition) is 0. The Kier molecular flexibility index (Phi) is 6.03. The van der Waals surface area contributed by atoms with Crippen molar-refractivity contribution in [3.05, 3.63) is 59.4 Å². The molecule has 1 fully saturated rings. The molecule has 2 aliphatic rings. The van der Waals surface area contributed by atoms with Crippen molar-refractivity contribution in [2.45, 2.75) is 26.2 Å². The van der Waals surface area contributed by atoms with Crippen molar-refractivity contribution in [3.8, 4) is 0 Å². The molecule has 3 heterocycles. The molecule has 1 saturated heterocycles. The fraction of sp³-hybridized carbons (Fsp3) is 0.478. The average Bonchev–Trinajstić information content (AvgIpc) is 2.73. The van der Waals surface area contributed by atoms with Gasteiger partial charge in [0.2, 0.25) is 5.91 Å². The number of piperazine rings is 1. The predicted molar refractivity (Wildman–Crippen MR) is 113 cm³/mol. The van der Waals surface area contributed by atoms with Crippen LogP contribution in [0.4, 0.5) is 5.69 Å². The van der Waals surface area contributed by atoms with E-state index < -0.39 is 0 Å². The third-order valence-corrected chi connectivity index (χ3v) is 5.87. The molecule has 0 aliphatic carbocycles. The molecule has 28 heavy (non-hydrogen) atoms. The first-order valence-electron chi connectivity index (χ1n) is 10.4. The Morgan fingerprint density at radius 3 is 2.57 bits per heavy atom. The lowest BCUT2D eigenvalue weighted by Gasteiger charge is -2.36. The Labute approximate surface area is 168 Å². The van der Waals surface area contributed by atoms with Gasteiger partial charge >= 0.3 is 0 Å². The number of aryl methyl sites for hydroxylation is 2. The van der Waals surface area contributed by atoms with E-state index in [0.717, 1.165) is 69.9 Å². The topological polar surface area (TPSA) is 39.7 Å². The third-order valence-electron chi connectivity index (χ3n) is 5.87. The van der Waals surface area contributed by atoms with Gasteiger partial charge in [0.05, 0.1) is 6.54 Å². The molecule has 5 nitrogen and oxygen atoms in total. The zero-order chi connectivity index (χ0) is 19.3. The second-order valence-electron chi connectivity index (χ2n) is 7.92. The van der Waals surface area contributed by atoms with E-state index in [0.29, 0.717) is 6.54 Å². The highest BCUT2D eigenvalue weighted by Crippen LogP contribution is 2.26. The minimum atomic E-state index is 0.240. The van der Waals surface area contributed by atoms with Crippen molar-refractivity contribution in [1.82, 2.24) is 14.8 Å². The molecule has 1 amide bonds. The van der Waals surface area contributed by atoms with Crippen LogP contribution < -0.4 is 4.90 Å². The first-order chi connectivity index (χ1) is 13.7. The summed E-state index contributed by atoms with van der Waals surface area (Å²) in [5.41, 5.74) is 4.67. The van der Waals surface area contributed by atoms with Gasteiger partial charge < -0.3 is 9.80 Å². The van der Waals surface area contributed by atoms with Crippen molar-refractivity contribution >= 4 is 11.6 Å². The molecule has 0 spiro atoms. The van der Waals surface area contributed by atoms with Gasteiger partial charge in [0.15, 0.2) is 0 Å². The summed E-state index contributed by atoms with van der Waals surface area (Å²) < 4.78 is 0. The number of benzene rings is 1. The highest BCUT2D eigenvalue weighted by Gasteiger charge is 2.25. The quantitative estimate of drug-likeness (QED) is 0.802. The maximum Gasteiger partial charge on any atom is 0.241 e. The van der Waals surface area contributed by atoms with E-state index in [1.54, 1.807) is 0 Å². The monoisotopic (exact) mass is 378 g/mol. The van der Waals surface area contributed by atoms with Crippen molar-refractivity contribution in [2.24, 2.45) is 0 Å². The zero-order valence-corrected chi connectivity index (χ0v) is 16.8. The van der Waals surface area contributed by atoms with Crippen LogP contribution in [0.1, 0.15) is 23.4 Å². The summed E-state index contributed by atoms with van der Waals surface area (Å²) in [5.74, 6) is 0.240. The van der Waals surface area contributed by atoms with E-state index >= 15 is 0 Å². The predicted octanol–water partition coefficient (Wildman–Crippen LogP) is 2.53. The van der Waals surface area contributed by atoms with E-state index in [-0.39, 0.29) is 5.91 Å². The number of para-hydroxylation sites is 1. The van der Waals surface area contributed by atoms with Crippen LogP contribution in [0.15, 0.2) is 42.5 Å². The van der Waals surface area contributed by atoms with Crippen molar-refractivity contribution in [3.63, 3.8) is 0 Å². The zero-order valence-electron chi connectivity index (χ0n) is 16.8. The Morgan fingerprint density at radius 1 is 0.964 bits per heavy atom. The third kappa shape index (κ3) is 4.59. The van der Waals surface area contributed by atoms with Crippen LogP contribution in [0.2, 0.25) is 0 Å². The summed E-state index contributed by atoms with van der Waals surface area (Å²) in [6, 6.07) is 14.6. The van der Waals surface area contributed by atoms with Crippen LogP contribution in [0, 0.1) is 6.92 Å². The maximum absolute atomic E-state index is 12.9. The maximum atomic E-state index is 12.9. The first-order valence-corrected chi connectivity index (χ1v) is 10.4. The first kappa shape index (κ1) is 19.1. The fourth-order valence-corrected chi connectivity index (χ4v) is 4.25. The average molecular weight is 379 g/mol. The van der Waals surface area contributed by atoms with Gasteiger partial charge in [0, 0.05) is 62.8 Å². The molecule has 0 atom stereocenters. The number of nitrogens with zero attached hydrogens (tertiary/aromatic N) is 4. The molecule has 0 radical (unpaired) electrons. The summed E-state index contributed by atoms with van der Waals surface area (Å²) in [6.45, 7) is 8.43. The Balaban J connectivity index is 1.25. The van der Waals surface area contributed by atoms with Gasteiger partial charge in [-0.2, -0.15) is 0 Å². The lowest BCUT2D eigenvalue weighted by atomic mass is 10.0. The number of fused-ring (bicyclic) bond motifs is 1. The SMILES string of the molecule is Cc1cccc(CCN2CCN(CC(=O)N3CCCc4ccccc43)CC2)n1. The van der Waals surface area contributed by atoms with Gasteiger partial charge in [-0.3, -0.25) is 14.7 Å². The summed E-state index contributed by atoms with van der Waals surface area (Å²) in [7, 11) is 0. The minimum Gasteiger partial charge on any atom is -0.311 e. The molecule has 2 aliphatic heterocycles. The van der Waals surface area contributed by atoms with Gasteiger partial charge in [0.25, 0.3) is 0 Å². The second-order valence-corrected chi connectivity index (χ2v) is 7.92. The highest BCUT2D eigenvalue weighted by atomic mass is 16.2. The highest BCUT2D eigenvalue weighted by molar-refractivity contribution is 5.95. The summed E-state index contributed by atoms with van der Waals surface area (Å²) in [4.78, 5) is 24.3. The van der Waals surface area contributed by atoms with E-state index in [2.05, 4.69) is 45.1 Å². The molecular formula is C23H30N4O. The Morgan fingerprint density at radius 2 is 1.75 bits per heavy atom. The van der Waals surface area contributed by atoms with Gasteiger partial charge in [-0.25, -0.2) is 0 Å². The van der Waals surface area contributed by atoms with Crippen LogP contribution in [-0.4, -0.2) is 66.5 Å². The number of carbonyl (C=O) groups is 1. The van der Waals surface area contributed by atoms with Crippen molar-refractivity contribution in [2.75, 3.05) is 50.7 Å². The lowest BCUT2D eigenvalue weighted by molar-refractivity contribution is -0.120. The molecule has 0 N–H and O–H groups in total. The van der Waals surface area contributed by atoms with Crippen LogP contribution in [-0.2, 0) is 17.6 Å². The van der Waals surface area contributed by atoms with Gasteiger partial charge in [0.1, 0.15) is 0 Å². The van der Waals surface area contributed by atoms with E-state index in [4.69, 9.17) is 0 Å². The second kappa shape index (κ2) is 8.84. The Hall–Kier alpha value is -2.24. The van der Waals surface area contributed by atoms with E-state index in [1.165, 1.54) is 11.3 Å². The molecule has 5 heteroatoms. The van der Waals surface area contributed by atoms with E-state index in [1.807, 2.05) is 24.0 Å². The van der Waals surface area contributed by atoms with Gasteiger partial charge in [-0.1, -0.05) is 24.3 Å². The molecule has 1 aromatic heterocycles. The number of anilines is 1. The molecule has 0 unspecified atom stereocenters. The van der Waals surface area contributed by atoms with Crippen molar-refractivity contribution < 1.29 is 4.79 Å². The summed E-state index contributed by atoms with van der Waals surface area (Å²) in [5, 5.41) is 0. The largest absolute Gasteiger partial charge is 0.311 e. The number of hydrogen-bond acceptors (Lipinski definition) is 4. The molecule has 148 valence electrons. The number of amides is 1. The summed E-state index contributed by atoms with van der Waals surface area (Å²) >= 11 is 0. The molecule has 4 rings (SSSR count). The lowest BCUT2D eigenvalue weighted by Crippen LogP contribution is -2.51. The Bertz CT molecular complexity index is 814. The number of rotatable bonds is 5. The van der Waals surface area contributed by atoms with Gasteiger partial charge in [-0.05, 0) is 43.5 Å². The van der Waals surface area contributed by atoms with Crippen LogP contribution in [0.3, 0.4) is 0 Å². The molecular weight excluding hydrogens is 348 g/mol. The minimum absolute atomic E-state index is 0.240. The number of pyridine rings is 1. The fourth-order valence-electron chi connectivity index (χ4n) is 4.25.